The standard InChI is InChI=1S/C20H33Cl2NO2Si/c1-4-26(5-2,6-3)25-18(19-16(21)14-23-15-17(19)22)10-9-13-20(24)11-7-8-12-20/h14-15,18,24H,4-13H2,1-3H3. The van der Waals surface area contributed by atoms with E-state index in [4.69, 9.17) is 27.6 Å². The van der Waals surface area contributed by atoms with E-state index in [1.807, 2.05) is 0 Å². The van der Waals surface area contributed by atoms with Gasteiger partial charge in [-0.3, -0.25) is 4.98 Å². The van der Waals surface area contributed by atoms with E-state index in [1.54, 1.807) is 12.4 Å². The van der Waals surface area contributed by atoms with Crippen LogP contribution >= 0.6 is 23.2 Å². The van der Waals surface area contributed by atoms with Crippen molar-refractivity contribution < 1.29 is 9.53 Å². The predicted octanol–water partition coefficient (Wildman–Crippen LogP) is 6.93. The smallest absolute Gasteiger partial charge is 0.192 e. The highest BCUT2D eigenvalue weighted by Gasteiger charge is 2.35. The molecule has 1 saturated carbocycles. The molecule has 6 heteroatoms. The van der Waals surface area contributed by atoms with Crippen LogP contribution in [0.25, 0.3) is 0 Å². The average Bonchev–Trinajstić information content (AvgIpc) is 3.06. The van der Waals surface area contributed by atoms with Crippen molar-refractivity contribution in [3.8, 4) is 0 Å². The second-order valence-electron chi connectivity index (χ2n) is 7.69. The molecule has 1 N–H and O–H groups in total. The maximum Gasteiger partial charge on any atom is 0.192 e. The number of hydrogen-bond acceptors (Lipinski definition) is 3. The fourth-order valence-corrected chi connectivity index (χ4v) is 7.64. The van der Waals surface area contributed by atoms with Gasteiger partial charge in [-0.2, -0.15) is 0 Å². The maximum absolute atomic E-state index is 10.7. The molecule has 0 bridgehead atoms. The third-order valence-corrected chi connectivity index (χ3v) is 11.4. The normalized spacial score (nSPS) is 18.2. The van der Waals surface area contributed by atoms with E-state index in [0.29, 0.717) is 10.0 Å². The molecule has 0 radical (unpaired) electrons. The van der Waals surface area contributed by atoms with E-state index in [1.165, 1.54) is 0 Å². The van der Waals surface area contributed by atoms with Crippen LogP contribution in [0.4, 0.5) is 0 Å². The first-order valence-corrected chi connectivity index (χ1v) is 13.4. The first-order valence-electron chi connectivity index (χ1n) is 10.1. The zero-order valence-corrected chi connectivity index (χ0v) is 18.9. The predicted molar refractivity (Wildman–Crippen MR) is 113 cm³/mol. The number of hydrogen-bond donors (Lipinski definition) is 1. The van der Waals surface area contributed by atoms with Gasteiger partial charge in [0.2, 0.25) is 0 Å². The molecular weight excluding hydrogens is 385 g/mol. The maximum atomic E-state index is 10.7. The summed E-state index contributed by atoms with van der Waals surface area (Å²) in [6.07, 6.45) is 9.87. The molecule has 148 valence electrons. The first kappa shape index (κ1) is 22.2. The molecule has 0 spiro atoms. The van der Waals surface area contributed by atoms with E-state index in [-0.39, 0.29) is 6.10 Å². The first-order chi connectivity index (χ1) is 12.4. The average molecular weight is 418 g/mol. The van der Waals surface area contributed by atoms with Gasteiger partial charge in [-0.1, -0.05) is 56.8 Å². The summed E-state index contributed by atoms with van der Waals surface area (Å²) in [4.78, 5) is 4.09. The van der Waals surface area contributed by atoms with E-state index in [9.17, 15) is 5.11 Å². The molecular formula is C20H33Cl2NO2Si. The van der Waals surface area contributed by atoms with Crippen molar-refractivity contribution in [1.82, 2.24) is 4.98 Å². The Balaban J connectivity index is 2.18. The lowest BCUT2D eigenvalue weighted by atomic mass is 9.93. The summed E-state index contributed by atoms with van der Waals surface area (Å²) in [7, 11) is -1.81. The van der Waals surface area contributed by atoms with Gasteiger partial charge in [0, 0.05) is 18.0 Å². The molecule has 1 aromatic heterocycles. The minimum atomic E-state index is -1.81. The molecule has 0 saturated heterocycles. The lowest BCUT2D eigenvalue weighted by Crippen LogP contribution is -2.37. The lowest BCUT2D eigenvalue weighted by Gasteiger charge is -2.34. The van der Waals surface area contributed by atoms with Gasteiger partial charge in [0.25, 0.3) is 0 Å². The van der Waals surface area contributed by atoms with E-state index >= 15 is 0 Å². The number of halogens is 2. The number of rotatable bonds is 10. The largest absolute Gasteiger partial charge is 0.410 e. The van der Waals surface area contributed by atoms with Crippen LogP contribution < -0.4 is 0 Å². The van der Waals surface area contributed by atoms with Crippen molar-refractivity contribution in [1.29, 1.82) is 0 Å². The van der Waals surface area contributed by atoms with Gasteiger partial charge in [0.05, 0.1) is 21.8 Å². The van der Waals surface area contributed by atoms with Crippen LogP contribution in [0.5, 0.6) is 0 Å². The van der Waals surface area contributed by atoms with Gasteiger partial charge in [-0.15, -0.1) is 0 Å². The third kappa shape index (κ3) is 5.45. The second kappa shape index (κ2) is 9.88. The highest BCUT2D eigenvalue weighted by Crippen LogP contribution is 2.40. The van der Waals surface area contributed by atoms with Crippen LogP contribution in [0.1, 0.15) is 77.4 Å². The Kier molecular flexibility index (Phi) is 8.42. The molecule has 0 amide bonds. The molecule has 1 atom stereocenters. The van der Waals surface area contributed by atoms with E-state index in [2.05, 4.69) is 25.8 Å². The second-order valence-corrected chi connectivity index (χ2v) is 13.2. The quantitative estimate of drug-likeness (QED) is 0.419. The van der Waals surface area contributed by atoms with Crippen LogP contribution in [-0.4, -0.2) is 24.0 Å². The van der Waals surface area contributed by atoms with Crippen molar-refractivity contribution in [3.63, 3.8) is 0 Å². The highest BCUT2D eigenvalue weighted by molar-refractivity contribution is 6.73. The molecule has 1 fully saturated rings. The number of nitrogens with zero attached hydrogens (tertiary/aromatic N) is 1. The van der Waals surface area contributed by atoms with E-state index in [0.717, 1.165) is 68.6 Å². The van der Waals surface area contributed by atoms with Gasteiger partial charge in [-0.05, 0) is 50.2 Å². The Labute approximate surface area is 169 Å². The van der Waals surface area contributed by atoms with Crippen molar-refractivity contribution in [2.75, 3.05) is 0 Å². The van der Waals surface area contributed by atoms with Crippen molar-refractivity contribution in [2.24, 2.45) is 0 Å². The molecule has 0 aromatic carbocycles. The van der Waals surface area contributed by atoms with Crippen LogP contribution in [0.2, 0.25) is 28.2 Å². The summed E-state index contributed by atoms with van der Waals surface area (Å²) in [6, 6.07) is 3.25. The summed E-state index contributed by atoms with van der Waals surface area (Å²) in [5.74, 6) is 0. The minimum absolute atomic E-state index is 0.116. The van der Waals surface area contributed by atoms with Crippen molar-refractivity contribution in [3.05, 3.63) is 28.0 Å². The van der Waals surface area contributed by atoms with Crippen molar-refractivity contribution in [2.45, 2.75) is 95.6 Å². The van der Waals surface area contributed by atoms with Crippen LogP contribution in [0, 0.1) is 0 Å². The van der Waals surface area contributed by atoms with Crippen LogP contribution in [0.15, 0.2) is 12.4 Å². The zero-order valence-electron chi connectivity index (χ0n) is 16.4. The minimum Gasteiger partial charge on any atom is -0.410 e. The molecule has 0 aliphatic heterocycles. The molecule has 1 aliphatic rings. The molecule has 1 aromatic rings. The third-order valence-electron chi connectivity index (χ3n) is 6.18. The molecule has 1 heterocycles. The zero-order chi connectivity index (χ0) is 19.2. The SMILES string of the molecule is CC[Si](CC)(CC)OC(CCCC1(O)CCCC1)c1c(Cl)cncc1Cl. The van der Waals surface area contributed by atoms with Gasteiger partial charge in [0.1, 0.15) is 0 Å². The topological polar surface area (TPSA) is 42.4 Å². The summed E-state index contributed by atoms with van der Waals surface area (Å²) in [5.41, 5.74) is 0.388. The molecule has 2 rings (SSSR count). The summed E-state index contributed by atoms with van der Waals surface area (Å²) < 4.78 is 6.79. The molecule has 1 unspecified atom stereocenters. The number of pyridine rings is 1. The summed E-state index contributed by atoms with van der Waals surface area (Å²) in [5, 5.41) is 11.8. The number of aliphatic hydroxyl groups is 1. The Hall–Kier alpha value is -0.133. The Morgan fingerprint density at radius 1 is 1.12 bits per heavy atom. The summed E-state index contributed by atoms with van der Waals surface area (Å²) in [6.45, 7) is 6.69. The monoisotopic (exact) mass is 417 g/mol. The van der Waals surface area contributed by atoms with Gasteiger partial charge in [-0.25, -0.2) is 0 Å². The van der Waals surface area contributed by atoms with Crippen LogP contribution in [0.3, 0.4) is 0 Å². The van der Waals surface area contributed by atoms with Gasteiger partial charge in [0.15, 0.2) is 8.32 Å². The molecule has 3 nitrogen and oxygen atoms in total. The highest BCUT2D eigenvalue weighted by atomic mass is 35.5. The van der Waals surface area contributed by atoms with Gasteiger partial charge < -0.3 is 9.53 Å². The van der Waals surface area contributed by atoms with E-state index < -0.39 is 13.9 Å². The Morgan fingerprint density at radius 3 is 2.15 bits per heavy atom. The van der Waals surface area contributed by atoms with Crippen LogP contribution in [-0.2, 0) is 4.43 Å². The fraction of sp³-hybridized carbons (Fsp3) is 0.750. The van der Waals surface area contributed by atoms with Crippen molar-refractivity contribution >= 4 is 31.5 Å². The van der Waals surface area contributed by atoms with Gasteiger partial charge >= 0.3 is 0 Å². The Bertz CT molecular complexity index is 546. The molecule has 26 heavy (non-hydrogen) atoms. The number of aromatic nitrogens is 1. The molecule has 1 aliphatic carbocycles. The fourth-order valence-electron chi connectivity index (χ4n) is 4.19. The summed E-state index contributed by atoms with van der Waals surface area (Å²) >= 11 is 12.9. The lowest BCUT2D eigenvalue weighted by molar-refractivity contribution is 0.0326. The Morgan fingerprint density at radius 2 is 1.65 bits per heavy atom.